The van der Waals surface area contributed by atoms with Gasteiger partial charge in [-0.2, -0.15) is 0 Å². The fraction of sp³-hybridized carbons (Fsp3) is 0.381. The number of halogens is 1. The molecule has 0 unspecified atom stereocenters. The largest absolute Gasteiger partial charge is 0.497 e. The van der Waals surface area contributed by atoms with Crippen LogP contribution in [0, 0.1) is 0 Å². The highest BCUT2D eigenvalue weighted by molar-refractivity contribution is 5.99. The molecule has 1 fully saturated rings. The second-order valence-corrected chi connectivity index (χ2v) is 6.64. The van der Waals surface area contributed by atoms with Crippen molar-refractivity contribution in [3.05, 3.63) is 54.1 Å². The molecule has 0 radical (unpaired) electrons. The maximum atomic E-state index is 13.2. The van der Waals surface area contributed by atoms with Gasteiger partial charge in [-0.1, -0.05) is 25.0 Å². The summed E-state index contributed by atoms with van der Waals surface area (Å²) in [6, 6.07) is 15.3. The van der Waals surface area contributed by atoms with Crippen molar-refractivity contribution in [2.45, 2.75) is 31.1 Å². The van der Waals surface area contributed by atoms with Crippen LogP contribution in [0.5, 0.6) is 11.5 Å². The van der Waals surface area contributed by atoms with Gasteiger partial charge < -0.3 is 20.5 Å². The van der Waals surface area contributed by atoms with E-state index in [1.54, 1.807) is 7.11 Å². The summed E-state index contributed by atoms with van der Waals surface area (Å²) in [6.07, 6.45) is 3.81. The summed E-state index contributed by atoms with van der Waals surface area (Å²) in [6.45, 7) is 0.951. The Labute approximate surface area is 166 Å². The molecule has 1 aliphatic rings. The molecule has 0 heterocycles. The lowest BCUT2D eigenvalue weighted by atomic mass is 9.78. The van der Waals surface area contributed by atoms with E-state index in [1.165, 1.54) is 0 Å². The average molecular weight is 391 g/mol. The van der Waals surface area contributed by atoms with E-state index in [9.17, 15) is 4.79 Å². The summed E-state index contributed by atoms with van der Waals surface area (Å²) in [5.41, 5.74) is 6.74. The summed E-state index contributed by atoms with van der Waals surface area (Å²) in [4.78, 5) is 13.2. The quantitative estimate of drug-likeness (QED) is 0.751. The molecule has 27 heavy (non-hydrogen) atoms. The minimum absolute atomic E-state index is 0. The Morgan fingerprint density at radius 2 is 1.81 bits per heavy atom. The SMILES string of the molecule is COc1cccc(C2(C(=O)Nc3ccc(OCCN)cc3)CCCC2)c1.Cl. The summed E-state index contributed by atoms with van der Waals surface area (Å²) < 4.78 is 10.8. The zero-order chi connectivity index (χ0) is 18.4. The minimum Gasteiger partial charge on any atom is -0.497 e. The lowest BCUT2D eigenvalue weighted by Crippen LogP contribution is -2.38. The van der Waals surface area contributed by atoms with Crippen molar-refractivity contribution in [3.8, 4) is 11.5 Å². The molecule has 1 amide bonds. The summed E-state index contributed by atoms with van der Waals surface area (Å²) in [5.74, 6) is 1.57. The maximum Gasteiger partial charge on any atom is 0.235 e. The number of hydrogen-bond acceptors (Lipinski definition) is 4. The molecule has 6 heteroatoms. The van der Waals surface area contributed by atoms with Crippen LogP contribution in [-0.4, -0.2) is 26.2 Å². The van der Waals surface area contributed by atoms with Crippen LogP contribution < -0.4 is 20.5 Å². The van der Waals surface area contributed by atoms with Crippen molar-refractivity contribution in [1.29, 1.82) is 0 Å². The number of nitrogens with two attached hydrogens (primary N) is 1. The molecule has 0 aliphatic heterocycles. The Balaban J connectivity index is 0.00000261. The molecular formula is C21H27ClN2O3. The van der Waals surface area contributed by atoms with Gasteiger partial charge in [0.15, 0.2) is 0 Å². The number of nitrogens with one attached hydrogen (secondary N) is 1. The number of anilines is 1. The van der Waals surface area contributed by atoms with E-state index in [2.05, 4.69) is 5.32 Å². The van der Waals surface area contributed by atoms with Crippen LogP contribution in [0.1, 0.15) is 31.2 Å². The first kappa shape index (κ1) is 21.1. The molecule has 5 nitrogen and oxygen atoms in total. The molecule has 0 saturated heterocycles. The molecule has 0 atom stereocenters. The monoisotopic (exact) mass is 390 g/mol. The van der Waals surface area contributed by atoms with Crippen LogP contribution in [0.25, 0.3) is 0 Å². The van der Waals surface area contributed by atoms with Crippen LogP contribution in [0.15, 0.2) is 48.5 Å². The minimum atomic E-state index is -0.497. The third-order valence-corrected chi connectivity index (χ3v) is 5.01. The van der Waals surface area contributed by atoms with Crippen molar-refractivity contribution in [3.63, 3.8) is 0 Å². The van der Waals surface area contributed by atoms with E-state index >= 15 is 0 Å². The van der Waals surface area contributed by atoms with Crippen molar-refractivity contribution in [2.75, 3.05) is 25.6 Å². The number of ether oxygens (including phenoxy) is 2. The highest BCUT2D eigenvalue weighted by atomic mass is 35.5. The summed E-state index contributed by atoms with van der Waals surface area (Å²) in [5, 5.41) is 3.08. The Morgan fingerprint density at radius 1 is 1.11 bits per heavy atom. The highest BCUT2D eigenvalue weighted by Gasteiger charge is 2.42. The average Bonchev–Trinajstić information content (AvgIpc) is 3.19. The molecule has 2 aromatic rings. The molecule has 0 bridgehead atoms. The zero-order valence-corrected chi connectivity index (χ0v) is 16.4. The highest BCUT2D eigenvalue weighted by Crippen LogP contribution is 2.43. The first-order chi connectivity index (χ1) is 12.7. The van der Waals surface area contributed by atoms with Crippen LogP contribution in [0.4, 0.5) is 5.69 Å². The Morgan fingerprint density at radius 3 is 2.44 bits per heavy atom. The van der Waals surface area contributed by atoms with E-state index in [0.29, 0.717) is 13.2 Å². The van der Waals surface area contributed by atoms with Crippen LogP contribution >= 0.6 is 12.4 Å². The number of methoxy groups -OCH3 is 1. The van der Waals surface area contributed by atoms with Gasteiger partial charge in [0.1, 0.15) is 18.1 Å². The van der Waals surface area contributed by atoms with Crippen molar-refractivity contribution in [1.82, 2.24) is 0 Å². The van der Waals surface area contributed by atoms with Gasteiger partial charge in [-0.3, -0.25) is 4.79 Å². The van der Waals surface area contributed by atoms with Gasteiger partial charge in [0, 0.05) is 12.2 Å². The summed E-state index contributed by atoms with van der Waals surface area (Å²) in [7, 11) is 1.65. The Hall–Kier alpha value is -2.24. The third kappa shape index (κ3) is 4.73. The lowest BCUT2D eigenvalue weighted by molar-refractivity contribution is -0.121. The van der Waals surface area contributed by atoms with Crippen LogP contribution in [0.2, 0.25) is 0 Å². The fourth-order valence-electron chi connectivity index (χ4n) is 3.61. The number of carbonyl (C=O) groups excluding carboxylic acids is 1. The first-order valence-electron chi connectivity index (χ1n) is 9.07. The zero-order valence-electron chi connectivity index (χ0n) is 15.6. The third-order valence-electron chi connectivity index (χ3n) is 5.01. The summed E-state index contributed by atoms with van der Waals surface area (Å²) >= 11 is 0. The van der Waals surface area contributed by atoms with E-state index < -0.39 is 5.41 Å². The van der Waals surface area contributed by atoms with Gasteiger partial charge in [0.2, 0.25) is 5.91 Å². The van der Waals surface area contributed by atoms with E-state index in [0.717, 1.165) is 48.4 Å². The van der Waals surface area contributed by atoms with Gasteiger partial charge in [-0.05, 0) is 54.8 Å². The van der Waals surface area contributed by atoms with Gasteiger partial charge in [-0.15, -0.1) is 12.4 Å². The van der Waals surface area contributed by atoms with E-state index in [-0.39, 0.29) is 18.3 Å². The van der Waals surface area contributed by atoms with Gasteiger partial charge in [-0.25, -0.2) is 0 Å². The number of amides is 1. The topological polar surface area (TPSA) is 73.6 Å². The lowest BCUT2D eigenvalue weighted by Gasteiger charge is -2.28. The Bertz CT molecular complexity index is 743. The van der Waals surface area contributed by atoms with Crippen LogP contribution in [0.3, 0.4) is 0 Å². The standard InChI is InChI=1S/C21H26N2O3.ClH/c1-25-19-6-4-5-16(15-19)21(11-2-3-12-21)20(24)23-17-7-9-18(10-8-17)26-14-13-22;/h4-10,15H,2-3,11-14,22H2,1H3,(H,23,24);1H. The first-order valence-corrected chi connectivity index (χ1v) is 9.07. The molecule has 146 valence electrons. The molecule has 3 rings (SSSR count). The second kappa shape index (κ2) is 9.62. The van der Waals surface area contributed by atoms with E-state index in [4.69, 9.17) is 15.2 Å². The normalized spacial score (nSPS) is 14.9. The predicted octanol–water partition coefficient (Wildman–Crippen LogP) is 3.91. The van der Waals surface area contributed by atoms with E-state index in [1.807, 2.05) is 48.5 Å². The fourth-order valence-corrected chi connectivity index (χ4v) is 3.61. The smallest absolute Gasteiger partial charge is 0.235 e. The second-order valence-electron chi connectivity index (χ2n) is 6.64. The van der Waals surface area contributed by atoms with Gasteiger partial charge >= 0.3 is 0 Å². The van der Waals surface area contributed by atoms with Crippen molar-refractivity contribution >= 4 is 24.0 Å². The number of benzene rings is 2. The molecule has 3 N–H and O–H groups in total. The predicted molar refractivity (Wildman–Crippen MR) is 110 cm³/mol. The van der Waals surface area contributed by atoms with Gasteiger partial charge in [0.05, 0.1) is 12.5 Å². The molecule has 1 aliphatic carbocycles. The number of carbonyl (C=O) groups is 1. The van der Waals surface area contributed by atoms with Crippen molar-refractivity contribution in [2.24, 2.45) is 5.73 Å². The Kier molecular flexibility index (Phi) is 7.51. The molecular weight excluding hydrogens is 364 g/mol. The maximum absolute atomic E-state index is 13.2. The van der Waals surface area contributed by atoms with Crippen LogP contribution in [-0.2, 0) is 10.2 Å². The molecule has 0 aromatic heterocycles. The number of hydrogen-bond donors (Lipinski definition) is 2. The molecule has 2 aromatic carbocycles. The molecule has 1 saturated carbocycles. The van der Waals surface area contributed by atoms with Gasteiger partial charge in [0.25, 0.3) is 0 Å². The molecule has 0 spiro atoms. The number of rotatable bonds is 7. The van der Waals surface area contributed by atoms with Crippen molar-refractivity contribution < 1.29 is 14.3 Å².